The van der Waals surface area contributed by atoms with Gasteiger partial charge < -0.3 is 5.32 Å². The second kappa shape index (κ2) is 6.30. The van der Waals surface area contributed by atoms with E-state index in [1.807, 2.05) is 0 Å². The average Bonchev–Trinajstić information content (AvgIpc) is 2.82. The summed E-state index contributed by atoms with van der Waals surface area (Å²) in [7, 11) is -3.57. The maximum atomic E-state index is 12.5. The monoisotopic (exact) mass is 344 g/mol. The molecule has 1 aromatic heterocycles. The lowest BCUT2D eigenvalue weighted by Gasteiger charge is -2.17. The number of nitrogens with zero attached hydrogens (tertiary/aromatic N) is 1. The first-order chi connectivity index (χ1) is 9.46. The summed E-state index contributed by atoms with van der Waals surface area (Å²) in [6, 6.07) is -0.747. The van der Waals surface area contributed by atoms with Gasteiger partial charge in [0.1, 0.15) is 10.3 Å². The van der Waals surface area contributed by atoms with Crippen molar-refractivity contribution in [3.8, 4) is 0 Å². The summed E-state index contributed by atoms with van der Waals surface area (Å²) < 4.78 is 60.1. The van der Waals surface area contributed by atoms with Crippen LogP contribution in [-0.4, -0.2) is 30.8 Å². The molecule has 120 valence electrons. The molecule has 5 nitrogen and oxygen atoms in total. The molecule has 2 unspecified atom stereocenters. The average molecular weight is 344 g/mol. The lowest BCUT2D eigenvalue weighted by molar-refractivity contribution is -0.140. The quantitative estimate of drug-likeness (QED) is 0.888. The Morgan fingerprint density at radius 1 is 1.48 bits per heavy atom. The molecule has 0 aliphatic rings. The number of nitrogens with one attached hydrogen (secondary N) is 1. The highest BCUT2D eigenvalue weighted by molar-refractivity contribution is 7.92. The van der Waals surface area contributed by atoms with Gasteiger partial charge in [0.15, 0.2) is 15.5 Å². The van der Waals surface area contributed by atoms with Crippen LogP contribution in [0.1, 0.15) is 37.0 Å². The fraction of sp³-hybridized carbons (Fsp3) is 0.636. The topological polar surface area (TPSA) is 76.1 Å². The van der Waals surface area contributed by atoms with Gasteiger partial charge in [-0.05, 0) is 13.3 Å². The van der Waals surface area contributed by atoms with E-state index < -0.39 is 38.9 Å². The molecule has 0 aliphatic carbocycles. The number of alkyl halides is 3. The van der Waals surface area contributed by atoms with Crippen LogP contribution in [0.3, 0.4) is 0 Å². The largest absolute Gasteiger partial charge is 0.434 e. The highest BCUT2D eigenvalue weighted by Crippen LogP contribution is 2.32. The molecule has 1 aromatic rings. The van der Waals surface area contributed by atoms with E-state index in [0.29, 0.717) is 6.42 Å². The normalized spacial score (nSPS) is 15.5. The summed E-state index contributed by atoms with van der Waals surface area (Å²) in [6.45, 7) is 2.88. The second-order valence-electron chi connectivity index (χ2n) is 4.51. The summed E-state index contributed by atoms with van der Waals surface area (Å²) >= 11 is 0.775. The highest BCUT2D eigenvalue weighted by Gasteiger charge is 2.35. The van der Waals surface area contributed by atoms with Crippen LogP contribution in [0.5, 0.6) is 0 Å². The molecular weight excluding hydrogens is 329 g/mol. The number of amides is 1. The minimum atomic E-state index is -4.54. The van der Waals surface area contributed by atoms with Crippen molar-refractivity contribution in [2.75, 3.05) is 6.26 Å². The smallest absolute Gasteiger partial charge is 0.346 e. The van der Waals surface area contributed by atoms with Crippen molar-refractivity contribution < 1.29 is 26.4 Å². The van der Waals surface area contributed by atoms with Crippen LogP contribution in [-0.2, 0) is 20.8 Å². The van der Waals surface area contributed by atoms with E-state index in [1.54, 1.807) is 6.92 Å². The Labute approximate surface area is 124 Å². The Morgan fingerprint density at radius 2 is 2.05 bits per heavy atom. The highest BCUT2D eigenvalue weighted by atomic mass is 32.2. The van der Waals surface area contributed by atoms with Crippen LogP contribution in [0.4, 0.5) is 13.2 Å². The third kappa shape index (κ3) is 4.67. The van der Waals surface area contributed by atoms with Crippen LogP contribution in [0.2, 0.25) is 0 Å². The zero-order valence-corrected chi connectivity index (χ0v) is 13.2. The molecule has 0 aromatic carbocycles. The van der Waals surface area contributed by atoms with E-state index in [0.717, 1.165) is 23.0 Å². The summed E-state index contributed by atoms with van der Waals surface area (Å²) in [5, 5.41) is 2.11. The second-order valence-corrected chi connectivity index (χ2v) is 7.77. The molecule has 1 amide bonds. The molecular formula is C11H15F3N2O3S2. The molecule has 10 heteroatoms. The predicted octanol–water partition coefficient (Wildman–Crippen LogP) is 2.16. The van der Waals surface area contributed by atoms with Gasteiger partial charge in [-0.1, -0.05) is 6.92 Å². The van der Waals surface area contributed by atoms with Crippen molar-refractivity contribution in [2.45, 2.75) is 37.7 Å². The molecule has 0 saturated heterocycles. The number of carbonyl (C=O) groups is 1. The Hall–Kier alpha value is -1.16. The fourth-order valence-corrected chi connectivity index (χ4v) is 2.82. The van der Waals surface area contributed by atoms with Crippen molar-refractivity contribution in [3.05, 3.63) is 16.1 Å². The van der Waals surface area contributed by atoms with Gasteiger partial charge in [0, 0.05) is 11.6 Å². The van der Waals surface area contributed by atoms with E-state index in [9.17, 15) is 26.4 Å². The van der Waals surface area contributed by atoms with Gasteiger partial charge in [-0.2, -0.15) is 13.2 Å². The number of thiazole rings is 1. The fourth-order valence-electron chi connectivity index (χ4n) is 1.40. The number of sulfone groups is 1. The van der Waals surface area contributed by atoms with Gasteiger partial charge in [-0.15, -0.1) is 11.3 Å². The Bertz CT molecular complexity index is 610. The van der Waals surface area contributed by atoms with Crippen LogP contribution < -0.4 is 5.32 Å². The predicted molar refractivity (Wildman–Crippen MR) is 72.6 cm³/mol. The molecule has 1 rings (SSSR count). The first-order valence-corrected chi connectivity index (χ1v) is 8.82. The third-order valence-electron chi connectivity index (χ3n) is 2.85. The molecule has 0 spiro atoms. The van der Waals surface area contributed by atoms with Gasteiger partial charge in [-0.25, -0.2) is 13.4 Å². The number of rotatable bonds is 5. The lowest BCUT2D eigenvalue weighted by Crippen LogP contribution is -2.39. The number of hydrogen-bond donors (Lipinski definition) is 1. The standard InChI is InChI=1S/C11H15F3N2O3S2/c1-4-7(15-9(17)6(2)21(3,18)19)10-16-8(5-20-10)11(12,13)14/h5-7H,4H2,1-3H3,(H,15,17). The van der Waals surface area contributed by atoms with Gasteiger partial charge in [0.2, 0.25) is 5.91 Å². The number of aromatic nitrogens is 1. The molecule has 0 radical (unpaired) electrons. The third-order valence-corrected chi connectivity index (χ3v) is 5.30. The SMILES string of the molecule is CCC(NC(=O)C(C)S(C)(=O)=O)c1nc(C(F)(F)F)cs1. The molecule has 1 N–H and O–H groups in total. The minimum absolute atomic E-state index is 0.0962. The summed E-state index contributed by atoms with van der Waals surface area (Å²) in [4.78, 5) is 15.3. The molecule has 2 atom stereocenters. The minimum Gasteiger partial charge on any atom is -0.346 e. The maximum Gasteiger partial charge on any atom is 0.434 e. The van der Waals surface area contributed by atoms with Crippen molar-refractivity contribution in [1.82, 2.24) is 10.3 Å². The van der Waals surface area contributed by atoms with Gasteiger partial charge in [0.25, 0.3) is 0 Å². The molecule has 0 aliphatic heterocycles. The first kappa shape index (κ1) is 17.9. The van der Waals surface area contributed by atoms with Crippen molar-refractivity contribution >= 4 is 27.1 Å². The lowest BCUT2D eigenvalue weighted by atomic mass is 10.2. The van der Waals surface area contributed by atoms with Crippen molar-refractivity contribution in [2.24, 2.45) is 0 Å². The Balaban J connectivity index is 2.90. The van der Waals surface area contributed by atoms with Crippen LogP contribution in [0, 0.1) is 0 Å². The molecule has 0 bridgehead atoms. The number of carbonyl (C=O) groups excluding carboxylic acids is 1. The summed E-state index contributed by atoms with van der Waals surface area (Å²) in [5.74, 6) is -0.756. The Kier molecular flexibility index (Phi) is 5.37. The summed E-state index contributed by atoms with van der Waals surface area (Å²) in [5.41, 5.74) is -1.02. The van der Waals surface area contributed by atoms with E-state index in [-0.39, 0.29) is 5.01 Å². The van der Waals surface area contributed by atoms with Gasteiger partial charge in [0.05, 0.1) is 6.04 Å². The van der Waals surface area contributed by atoms with E-state index >= 15 is 0 Å². The molecule has 0 fully saturated rings. The number of halogens is 3. The van der Waals surface area contributed by atoms with Gasteiger partial charge in [-0.3, -0.25) is 4.79 Å². The molecule has 0 saturated carbocycles. The van der Waals surface area contributed by atoms with Crippen LogP contribution in [0.25, 0.3) is 0 Å². The van der Waals surface area contributed by atoms with Crippen LogP contribution >= 0.6 is 11.3 Å². The van der Waals surface area contributed by atoms with E-state index in [4.69, 9.17) is 0 Å². The van der Waals surface area contributed by atoms with Crippen molar-refractivity contribution in [1.29, 1.82) is 0 Å². The van der Waals surface area contributed by atoms with E-state index in [1.165, 1.54) is 6.92 Å². The first-order valence-electron chi connectivity index (χ1n) is 5.98. The van der Waals surface area contributed by atoms with Crippen LogP contribution in [0.15, 0.2) is 5.38 Å². The maximum absolute atomic E-state index is 12.5. The van der Waals surface area contributed by atoms with Gasteiger partial charge >= 0.3 is 6.18 Å². The zero-order valence-electron chi connectivity index (χ0n) is 11.6. The van der Waals surface area contributed by atoms with Crippen molar-refractivity contribution in [3.63, 3.8) is 0 Å². The number of hydrogen-bond acceptors (Lipinski definition) is 5. The zero-order chi connectivity index (χ0) is 16.4. The summed E-state index contributed by atoms with van der Waals surface area (Å²) in [6.07, 6.45) is -3.33. The molecule has 1 heterocycles. The Morgan fingerprint density at radius 3 is 2.43 bits per heavy atom. The molecule has 21 heavy (non-hydrogen) atoms. The van der Waals surface area contributed by atoms with E-state index in [2.05, 4.69) is 10.3 Å².